The maximum Gasteiger partial charge on any atom is 0.295 e. The third-order valence-corrected chi connectivity index (χ3v) is 6.40. The highest BCUT2D eigenvalue weighted by atomic mass is 16.6. The molecule has 2 aliphatic rings. The van der Waals surface area contributed by atoms with Crippen molar-refractivity contribution in [1.29, 1.82) is 0 Å². The molecule has 0 radical (unpaired) electrons. The molecule has 2 aliphatic heterocycles. The fourth-order valence-electron chi connectivity index (χ4n) is 4.65. The highest BCUT2D eigenvalue weighted by molar-refractivity contribution is 6.46. The van der Waals surface area contributed by atoms with Gasteiger partial charge in [0.05, 0.1) is 24.8 Å². The first-order chi connectivity index (χ1) is 18.3. The summed E-state index contributed by atoms with van der Waals surface area (Å²) in [5.41, 5.74) is 1.06. The Morgan fingerprint density at radius 3 is 2.50 bits per heavy atom. The van der Waals surface area contributed by atoms with Crippen LogP contribution in [0.3, 0.4) is 0 Å². The second-order valence-electron chi connectivity index (χ2n) is 9.50. The van der Waals surface area contributed by atoms with E-state index in [-0.39, 0.29) is 11.3 Å². The van der Waals surface area contributed by atoms with Gasteiger partial charge in [0.1, 0.15) is 19.0 Å². The first-order valence-corrected chi connectivity index (χ1v) is 13.1. The van der Waals surface area contributed by atoms with Crippen molar-refractivity contribution in [2.75, 3.05) is 53.6 Å². The van der Waals surface area contributed by atoms with Crippen LogP contribution in [0.15, 0.2) is 42.0 Å². The highest BCUT2D eigenvalue weighted by Gasteiger charge is 2.46. The topological polar surface area (TPSA) is 97.8 Å². The number of amides is 1. The zero-order valence-corrected chi connectivity index (χ0v) is 22.5. The van der Waals surface area contributed by atoms with E-state index in [2.05, 4.69) is 0 Å². The average Bonchev–Trinajstić information content (AvgIpc) is 3.16. The molecule has 38 heavy (non-hydrogen) atoms. The van der Waals surface area contributed by atoms with E-state index in [9.17, 15) is 14.7 Å². The van der Waals surface area contributed by atoms with Crippen LogP contribution in [0.2, 0.25) is 0 Å². The maximum absolute atomic E-state index is 13.4. The number of carbonyl (C=O) groups is 2. The lowest BCUT2D eigenvalue weighted by Gasteiger charge is -2.27. The van der Waals surface area contributed by atoms with E-state index >= 15 is 0 Å². The molecular weight excluding hydrogens is 488 g/mol. The largest absolute Gasteiger partial charge is 0.507 e. The number of Topliss-reactive ketones (excluding diaryl/α,β-unsaturated/α-hetero) is 1. The predicted octanol–water partition coefficient (Wildman–Crippen LogP) is 4.02. The third-order valence-electron chi connectivity index (χ3n) is 6.40. The van der Waals surface area contributed by atoms with Crippen molar-refractivity contribution >= 4 is 17.4 Å². The molecule has 2 aromatic carbocycles. The number of aliphatic hydroxyl groups excluding tert-OH is 1. The number of hydrogen-bond acceptors (Lipinski definition) is 8. The van der Waals surface area contributed by atoms with Gasteiger partial charge in [0, 0.05) is 12.1 Å². The fourth-order valence-corrected chi connectivity index (χ4v) is 4.65. The summed E-state index contributed by atoms with van der Waals surface area (Å²) in [5, 5.41) is 11.4. The summed E-state index contributed by atoms with van der Waals surface area (Å²) in [5.74, 6) is 0.537. The van der Waals surface area contributed by atoms with Crippen LogP contribution in [0.1, 0.15) is 43.9 Å². The van der Waals surface area contributed by atoms with Gasteiger partial charge in [0.15, 0.2) is 23.0 Å². The van der Waals surface area contributed by atoms with Crippen molar-refractivity contribution in [3.63, 3.8) is 0 Å². The van der Waals surface area contributed by atoms with E-state index in [0.29, 0.717) is 73.5 Å². The molecule has 1 fully saturated rings. The number of ketones is 1. The Kier molecular flexibility index (Phi) is 8.78. The summed E-state index contributed by atoms with van der Waals surface area (Å²) < 4.78 is 22.9. The van der Waals surface area contributed by atoms with Crippen LogP contribution in [0.25, 0.3) is 5.76 Å². The van der Waals surface area contributed by atoms with Gasteiger partial charge in [-0.3, -0.25) is 9.59 Å². The predicted molar refractivity (Wildman–Crippen MR) is 143 cm³/mol. The molecule has 0 bridgehead atoms. The van der Waals surface area contributed by atoms with Crippen molar-refractivity contribution < 1.29 is 33.6 Å². The van der Waals surface area contributed by atoms with E-state index in [4.69, 9.17) is 18.9 Å². The van der Waals surface area contributed by atoms with Gasteiger partial charge < -0.3 is 33.9 Å². The number of likely N-dealkylation sites (tertiary alicyclic amines) is 1. The molecule has 2 heterocycles. The van der Waals surface area contributed by atoms with E-state index < -0.39 is 17.7 Å². The van der Waals surface area contributed by atoms with Crippen LogP contribution >= 0.6 is 0 Å². The Balaban J connectivity index is 1.80. The normalized spacial score (nSPS) is 18.2. The monoisotopic (exact) mass is 524 g/mol. The molecule has 0 aliphatic carbocycles. The quantitative estimate of drug-likeness (QED) is 0.268. The van der Waals surface area contributed by atoms with Crippen molar-refractivity contribution in [3.8, 4) is 23.0 Å². The molecule has 0 saturated carbocycles. The number of benzene rings is 2. The van der Waals surface area contributed by atoms with E-state index in [1.807, 2.05) is 38.9 Å². The molecule has 2 aromatic rings. The number of nitrogens with zero attached hydrogens (tertiary/aromatic N) is 2. The zero-order chi connectivity index (χ0) is 27.2. The molecule has 9 nitrogen and oxygen atoms in total. The van der Waals surface area contributed by atoms with Gasteiger partial charge in [-0.05, 0) is 76.3 Å². The minimum atomic E-state index is -0.787. The number of aliphatic hydroxyl groups is 1. The minimum absolute atomic E-state index is 0.0289. The molecule has 9 heteroatoms. The summed E-state index contributed by atoms with van der Waals surface area (Å²) >= 11 is 0. The number of fused-ring (bicyclic) bond motifs is 1. The van der Waals surface area contributed by atoms with Crippen LogP contribution in [0.4, 0.5) is 0 Å². The van der Waals surface area contributed by atoms with Crippen LogP contribution in [-0.4, -0.2) is 80.2 Å². The molecule has 1 unspecified atom stereocenters. The third kappa shape index (κ3) is 5.72. The van der Waals surface area contributed by atoms with E-state index in [1.165, 1.54) is 4.90 Å². The Labute approximate surface area is 223 Å². The van der Waals surface area contributed by atoms with Gasteiger partial charge in [0.25, 0.3) is 11.7 Å². The van der Waals surface area contributed by atoms with Crippen LogP contribution in [-0.2, 0) is 9.59 Å². The molecule has 1 atom stereocenters. The Morgan fingerprint density at radius 2 is 1.79 bits per heavy atom. The Hall–Kier alpha value is -3.72. The lowest BCUT2D eigenvalue weighted by Crippen LogP contribution is -2.32. The zero-order valence-electron chi connectivity index (χ0n) is 22.5. The number of rotatable bonds is 11. The molecule has 0 aromatic heterocycles. The Bertz CT molecular complexity index is 1210. The second-order valence-corrected chi connectivity index (χ2v) is 9.50. The fraction of sp³-hybridized carbons (Fsp3) is 0.448. The molecular formula is C29H36N2O7. The van der Waals surface area contributed by atoms with Gasteiger partial charge in [-0.15, -0.1) is 0 Å². The number of ether oxygens (including phenoxy) is 4. The first kappa shape index (κ1) is 27.3. The molecule has 204 valence electrons. The molecule has 1 saturated heterocycles. The molecule has 0 spiro atoms. The van der Waals surface area contributed by atoms with E-state index in [0.717, 1.165) is 13.0 Å². The molecule has 1 N–H and O–H groups in total. The van der Waals surface area contributed by atoms with Crippen LogP contribution < -0.4 is 18.9 Å². The van der Waals surface area contributed by atoms with Crippen LogP contribution in [0.5, 0.6) is 23.0 Å². The molecule has 4 rings (SSSR count). The summed E-state index contributed by atoms with van der Waals surface area (Å²) in [7, 11) is 3.91. The van der Waals surface area contributed by atoms with Gasteiger partial charge in [0.2, 0.25) is 0 Å². The Morgan fingerprint density at radius 1 is 1.03 bits per heavy atom. The standard InChI is InChI=1S/C29H36N2O7/c1-5-14-36-21-10-8-19(17-23(21)35-6-2)26-25(28(33)29(34)31(26)13-7-12-30(3)4)27(32)20-9-11-22-24(18-20)38-16-15-37-22/h8-11,17-18,26,32H,5-7,12-16H2,1-4H3/b27-25-. The number of carbonyl (C=O) groups excluding carboxylic acids is 2. The SMILES string of the molecule is CCCOc1ccc(C2/C(=C(/O)c3ccc4c(c3)OCCO4)C(=O)C(=O)N2CCCN(C)C)cc1OCC. The summed E-state index contributed by atoms with van der Waals surface area (Å²) in [6, 6.07) is 9.60. The van der Waals surface area contributed by atoms with E-state index in [1.54, 1.807) is 30.3 Å². The summed E-state index contributed by atoms with van der Waals surface area (Å²) in [4.78, 5) is 30.2. The first-order valence-electron chi connectivity index (χ1n) is 13.1. The molecule has 1 amide bonds. The van der Waals surface area contributed by atoms with Crippen molar-refractivity contribution in [2.24, 2.45) is 0 Å². The van der Waals surface area contributed by atoms with Gasteiger partial charge in [-0.25, -0.2) is 0 Å². The lowest BCUT2D eigenvalue weighted by atomic mass is 9.94. The smallest absolute Gasteiger partial charge is 0.295 e. The highest BCUT2D eigenvalue weighted by Crippen LogP contribution is 2.43. The summed E-state index contributed by atoms with van der Waals surface area (Å²) in [6.07, 6.45) is 1.51. The van der Waals surface area contributed by atoms with Crippen LogP contribution in [0, 0.1) is 0 Å². The van der Waals surface area contributed by atoms with Crippen molar-refractivity contribution in [3.05, 3.63) is 53.1 Å². The van der Waals surface area contributed by atoms with Crippen molar-refractivity contribution in [2.45, 2.75) is 32.7 Å². The van der Waals surface area contributed by atoms with Gasteiger partial charge in [-0.2, -0.15) is 0 Å². The summed E-state index contributed by atoms with van der Waals surface area (Å²) in [6.45, 7) is 6.78. The number of hydrogen-bond donors (Lipinski definition) is 1. The van der Waals surface area contributed by atoms with Gasteiger partial charge in [-0.1, -0.05) is 13.0 Å². The maximum atomic E-state index is 13.4. The van der Waals surface area contributed by atoms with Gasteiger partial charge >= 0.3 is 0 Å². The minimum Gasteiger partial charge on any atom is -0.507 e. The lowest BCUT2D eigenvalue weighted by molar-refractivity contribution is -0.139. The second kappa shape index (κ2) is 12.2. The average molecular weight is 525 g/mol. The van der Waals surface area contributed by atoms with Crippen molar-refractivity contribution in [1.82, 2.24) is 9.80 Å².